The minimum absolute atomic E-state index is 0.205. The molecule has 2 aromatic heterocycles. The van der Waals surface area contributed by atoms with Crippen molar-refractivity contribution >= 4 is 0 Å². The van der Waals surface area contributed by atoms with Gasteiger partial charge >= 0.3 is 5.69 Å². The van der Waals surface area contributed by atoms with Crippen molar-refractivity contribution in [1.29, 1.82) is 0 Å². The Morgan fingerprint density at radius 1 is 1.39 bits per heavy atom. The zero-order valence-electron chi connectivity index (χ0n) is 10.3. The molecule has 0 fully saturated rings. The Balaban J connectivity index is 1.82. The minimum atomic E-state index is -0.205. The minimum Gasteiger partial charge on any atom is -0.311 e. The van der Waals surface area contributed by atoms with Crippen molar-refractivity contribution in [3.63, 3.8) is 0 Å². The molecule has 5 heteroatoms. The molecule has 0 unspecified atom stereocenters. The van der Waals surface area contributed by atoms with Gasteiger partial charge in [-0.1, -0.05) is 6.07 Å². The Bertz CT molecular complexity index is 550. The molecule has 18 heavy (non-hydrogen) atoms. The van der Waals surface area contributed by atoms with Crippen molar-refractivity contribution < 1.29 is 0 Å². The van der Waals surface area contributed by atoms with Crippen LogP contribution in [0.3, 0.4) is 0 Å². The van der Waals surface area contributed by atoms with E-state index in [4.69, 9.17) is 0 Å². The monoisotopic (exact) mass is 244 g/mol. The third kappa shape index (κ3) is 3.49. The molecule has 0 aliphatic heterocycles. The number of rotatable bonds is 5. The van der Waals surface area contributed by atoms with Crippen molar-refractivity contribution in [2.75, 3.05) is 6.54 Å². The highest BCUT2D eigenvalue weighted by Gasteiger charge is 1.97. The Morgan fingerprint density at radius 3 is 3.06 bits per heavy atom. The van der Waals surface area contributed by atoms with Crippen LogP contribution in [0.5, 0.6) is 0 Å². The van der Waals surface area contributed by atoms with Gasteiger partial charge in [-0.3, -0.25) is 9.55 Å². The highest BCUT2D eigenvalue weighted by molar-refractivity contribution is 5.07. The summed E-state index contributed by atoms with van der Waals surface area (Å²) in [5.41, 5.74) is 1.91. The SMILES string of the molecule is Cc1cnc(=O)n(CCNCc2cccnc2)c1. The number of pyridine rings is 1. The first-order chi connectivity index (χ1) is 8.75. The molecule has 0 radical (unpaired) electrons. The zero-order chi connectivity index (χ0) is 12.8. The van der Waals surface area contributed by atoms with Crippen LogP contribution in [0.1, 0.15) is 11.1 Å². The van der Waals surface area contributed by atoms with E-state index in [1.54, 1.807) is 17.0 Å². The van der Waals surface area contributed by atoms with Crippen LogP contribution >= 0.6 is 0 Å². The number of hydrogen-bond donors (Lipinski definition) is 1. The third-order valence-corrected chi connectivity index (χ3v) is 2.57. The summed E-state index contributed by atoms with van der Waals surface area (Å²) in [6.45, 7) is 4.02. The van der Waals surface area contributed by atoms with Crippen molar-refractivity contribution in [3.05, 3.63) is 58.5 Å². The average molecular weight is 244 g/mol. The normalized spacial score (nSPS) is 10.5. The van der Waals surface area contributed by atoms with E-state index in [0.717, 1.165) is 24.2 Å². The fourth-order valence-corrected chi connectivity index (χ4v) is 1.66. The second kappa shape index (κ2) is 6.07. The van der Waals surface area contributed by atoms with Crippen molar-refractivity contribution in [2.45, 2.75) is 20.0 Å². The van der Waals surface area contributed by atoms with Crippen LogP contribution < -0.4 is 11.0 Å². The summed E-state index contributed by atoms with van der Waals surface area (Å²) < 4.78 is 1.62. The maximum Gasteiger partial charge on any atom is 0.347 e. The quantitative estimate of drug-likeness (QED) is 0.788. The van der Waals surface area contributed by atoms with Gasteiger partial charge in [-0.15, -0.1) is 0 Å². The number of aromatic nitrogens is 3. The number of nitrogens with zero attached hydrogens (tertiary/aromatic N) is 3. The first-order valence-corrected chi connectivity index (χ1v) is 5.88. The smallest absolute Gasteiger partial charge is 0.311 e. The Hall–Kier alpha value is -2.01. The first-order valence-electron chi connectivity index (χ1n) is 5.88. The van der Waals surface area contributed by atoms with Crippen LogP contribution in [0.4, 0.5) is 0 Å². The highest BCUT2D eigenvalue weighted by Crippen LogP contribution is 1.94. The van der Waals surface area contributed by atoms with Crippen molar-refractivity contribution in [2.24, 2.45) is 0 Å². The van der Waals surface area contributed by atoms with Gasteiger partial charge in [-0.2, -0.15) is 0 Å². The van der Waals surface area contributed by atoms with E-state index in [1.165, 1.54) is 0 Å². The molecular formula is C13H16N4O. The van der Waals surface area contributed by atoms with Crippen LogP contribution in [0.25, 0.3) is 0 Å². The van der Waals surface area contributed by atoms with Gasteiger partial charge in [0.15, 0.2) is 0 Å². The lowest BCUT2D eigenvalue weighted by molar-refractivity contribution is 0.573. The van der Waals surface area contributed by atoms with E-state index in [9.17, 15) is 4.79 Å². The molecule has 1 N–H and O–H groups in total. The van der Waals surface area contributed by atoms with Gasteiger partial charge in [0.25, 0.3) is 0 Å². The standard InChI is InChI=1S/C13H16N4O/c1-11-7-16-13(18)17(10-11)6-5-15-9-12-3-2-4-14-8-12/h2-4,7-8,10,15H,5-6,9H2,1H3. The van der Waals surface area contributed by atoms with E-state index in [-0.39, 0.29) is 5.69 Å². The van der Waals surface area contributed by atoms with Crippen molar-refractivity contribution in [3.8, 4) is 0 Å². The predicted molar refractivity (Wildman–Crippen MR) is 69.2 cm³/mol. The largest absolute Gasteiger partial charge is 0.347 e. The summed E-state index contributed by atoms with van der Waals surface area (Å²) >= 11 is 0. The van der Waals surface area contributed by atoms with Gasteiger partial charge in [0.2, 0.25) is 0 Å². The molecule has 0 amide bonds. The van der Waals surface area contributed by atoms with E-state index in [0.29, 0.717) is 6.54 Å². The van der Waals surface area contributed by atoms with Gasteiger partial charge in [-0.05, 0) is 24.1 Å². The van der Waals surface area contributed by atoms with Crippen LogP contribution in [-0.2, 0) is 13.1 Å². The molecule has 0 aromatic carbocycles. The maximum absolute atomic E-state index is 11.4. The van der Waals surface area contributed by atoms with Gasteiger partial charge in [-0.25, -0.2) is 9.78 Å². The van der Waals surface area contributed by atoms with Crippen LogP contribution in [-0.4, -0.2) is 21.1 Å². The highest BCUT2D eigenvalue weighted by atomic mass is 16.1. The number of hydrogen-bond acceptors (Lipinski definition) is 4. The second-order valence-corrected chi connectivity index (χ2v) is 4.15. The predicted octanol–water partition coefficient (Wildman–Crippen LogP) is 0.737. The van der Waals surface area contributed by atoms with Gasteiger partial charge in [0, 0.05) is 44.4 Å². The molecule has 0 aliphatic carbocycles. The first kappa shape index (κ1) is 12.4. The molecule has 0 aliphatic rings. The topological polar surface area (TPSA) is 59.8 Å². The molecule has 2 heterocycles. The molecule has 94 valence electrons. The van der Waals surface area contributed by atoms with Gasteiger partial charge < -0.3 is 5.32 Å². The molecule has 0 bridgehead atoms. The summed E-state index contributed by atoms with van der Waals surface area (Å²) in [7, 11) is 0. The molecular weight excluding hydrogens is 228 g/mol. The Morgan fingerprint density at radius 2 is 2.28 bits per heavy atom. The maximum atomic E-state index is 11.4. The zero-order valence-corrected chi connectivity index (χ0v) is 10.3. The Labute approximate surface area is 106 Å². The summed E-state index contributed by atoms with van der Waals surface area (Å²) in [6.07, 6.45) is 6.98. The summed E-state index contributed by atoms with van der Waals surface area (Å²) in [6, 6.07) is 3.92. The average Bonchev–Trinajstić information content (AvgIpc) is 2.40. The molecule has 2 rings (SSSR count). The molecule has 0 spiro atoms. The van der Waals surface area contributed by atoms with Crippen molar-refractivity contribution in [1.82, 2.24) is 19.9 Å². The number of aryl methyl sites for hydroxylation is 1. The fourth-order valence-electron chi connectivity index (χ4n) is 1.66. The lowest BCUT2D eigenvalue weighted by atomic mass is 10.3. The summed E-state index contributed by atoms with van der Waals surface area (Å²) in [5.74, 6) is 0. The lowest BCUT2D eigenvalue weighted by Gasteiger charge is -2.07. The summed E-state index contributed by atoms with van der Waals surface area (Å²) in [5, 5.41) is 3.27. The van der Waals surface area contributed by atoms with Crippen LogP contribution in [0.2, 0.25) is 0 Å². The fraction of sp³-hybridized carbons (Fsp3) is 0.308. The van der Waals surface area contributed by atoms with Gasteiger partial charge in [0.05, 0.1) is 0 Å². The molecule has 0 saturated carbocycles. The Kier molecular flexibility index (Phi) is 4.20. The number of nitrogens with one attached hydrogen (secondary N) is 1. The van der Waals surface area contributed by atoms with E-state index in [2.05, 4.69) is 15.3 Å². The lowest BCUT2D eigenvalue weighted by Crippen LogP contribution is -2.28. The summed E-state index contributed by atoms with van der Waals surface area (Å²) in [4.78, 5) is 19.3. The van der Waals surface area contributed by atoms with Crippen LogP contribution in [0.15, 0.2) is 41.7 Å². The van der Waals surface area contributed by atoms with Gasteiger partial charge in [0.1, 0.15) is 0 Å². The molecule has 2 aromatic rings. The second-order valence-electron chi connectivity index (χ2n) is 4.15. The molecule has 0 atom stereocenters. The molecule has 0 saturated heterocycles. The van der Waals surface area contributed by atoms with Crippen LogP contribution in [0, 0.1) is 6.92 Å². The van der Waals surface area contributed by atoms with E-state index >= 15 is 0 Å². The van der Waals surface area contributed by atoms with E-state index in [1.807, 2.05) is 31.5 Å². The third-order valence-electron chi connectivity index (χ3n) is 2.57. The molecule has 5 nitrogen and oxygen atoms in total. The van der Waals surface area contributed by atoms with E-state index < -0.39 is 0 Å².